The van der Waals surface area contributed by atoms with Gasteiger partial charge >= 0.3 is 0 Å². The lowest BCUT2D eigenvalue weighted by molar-refractivity contribution is 0.441. The lowest BCUT2D eigenvalue weighted by Crippen LogP contribution is -2.03. The second kappa shape index (κ2) is 16.1. The highest BCUT2D eigenvalue weighted by Gasteiger charge is 2.15. The summed E-state index contributed by atoms with van der Waals surface area (Å²) < 4.78 is 0. The molecule has 4 aromatic carbocycles. The molecule has 2 N–H and O–H groups in total. The zero-order chi connectivity index (χ0) is 27.5. The number of fused-ring (bicyclic) bond motifs is 1. The van der Waals surface area contributed by atoms with E-state index in [0.717, 1.165) is 11.8 Å². The first-order valence-corrected chi connectivity index (χ1v) is 15.1. The summed E-state index contributed by atoms with van der Waals surface area (Å²) in [5, 5.41) is 21.0. The van der Waals surface area contributed by atoms with E-state index in [0.29, 0.717) is 17.4 Å². The topological polar surface area (TPSA) is 40.5 Å². The van der Waals surface area contributed by atoms with Crippen molar-refractivity contribution in [2.24, 2.45) is 0 Å². The minimum Gasteiger partial charge on any atom is -0.508 e. The molecule has 40 heavy (non-hydrogen) atoms. The summed E-state index contributed by atoms with van der Waals surface area (Å²) >= 11 is 0. The maximum Gasteiger partial charge on any atom is 0.115 e. The van der Waals surface area contributed by atoms with Crippen molar-refractivity contribution in [3.05, 3.63) is 108 Å². The van der Waals surface area contributed by atoms with Crippen LogP contribution in [0.3, 0.4) is 0 Å². The predicted molar refractivity (Wildman–Crippen MR) is 173 cm³/mol. The van der Waals surface area contributed by atoms with Gasteiger partial charge in [0.1, 0.15) is 11.5 Å². The van der Waals surface area contributed by atoms with Crippen molar-refractivity contribution in [1.82, 2.24) is 0 Å². The Labute approximate surface area is 243 Å². The number of aromatic hydroxyl groups is 2. The Morgan fingerprint density at radius 2 is 0.950 bits per heavy atom. The number of rotatable bonds is 3. The van der Waals surface area contributed by atoms with Gasteiger partial charge in [-0.25, -0.2) is 0 Å². The van der Waals surface area contributed by atoms with Gasteiger partial charge in [-0.15, -0.1) is 0 Å². The van der Waals surface area contributed by atoms with E-state index in [2.05, 4.69) is 80.6 Å². The van der Waals surface area contributed by atoms with Gasteiger partial charge < -0.3 is 10.2 Å². The maximum absolute atomic E-state index is 9.16. The van der Waals surface area contributed by atoms with Crippen molar-refractivity contribution in [1.29, 1.82) is 0 Å². The van der Waals surface area contributed by atoms with Crippen molar-refractivity contribution in [2.45, 2.75) is 103 Å². The Morgan fingerprint density at radius 1 is 0.525 bits per heavy atom. The van der Waals surface area contributed by atoms with Gasteiger partial charge in [0.15, 0.2) is 0 Å². The molecular formula is C38H50O2. The van der Waals surface area contributed by atoms with Gasteiger partial charge in [-0.2, -0.15) is 0 Å². The molecule has 0 radical (unpaired) electrons. The monoisotopic (exact) mass is 538 g/mol. The molecule has 2 aliphatic carbocycles. The van der Waals surface area contributed by atoms with Gasteiger partial charge in [-0.05, 0) is 95.2 Å². The fourth-order valence-electron chi connectivity index (χ4n) is 5.93. The molecule has 0 heterocycles. The number of hydrogen-bond acceptors (Lipinski definition) is 2. The molecule has 2 saturated carbocycles. The minimum atomic E-state index is 0. The van der Waals surface area contributed by atoms with Crippen LogP contribution in [-0.2, 0) is 0 Å². The number of phenols is 2. The molecule has 2 nitrogen and oxygen atoms in total. The molecule has 6 rings (SSSR count). The van der Waals surface area contributed by atoms with Crippen LogP contribution in [0.25, 0.3) is 10.8 Å². The molecule has 214 valence electrons. The molecule has 0 bridgehead atoms. The van der Waals surface area contributed by atoms with E-state index < -0.39 is 0 Å². The van der Waals surface area contributed by atoms with Gasteiger partial charge in [-0.1, -0.05) is 127 Å². The Morgan fingerprint density at radius 3 is 1.38 bits per heavy atom. The average Bonchev–Trinajstić information content (AvgIpc) is 2.99. The Kier molecular flexibility index (Phi) is 12.6. The second-order valence-corrected chi connectivity index (χ2v) is 11.6. The lowest BCUT2D eigenvalue weighted by atomic mass is 9.84. The SMILES string of the molecule is C.CC(C)c1ccc2ccccc2c1.Oc1ccc(C2CCCCC2)cc1.Oc1ccc(C2CCCCC2)cc1. The van der Waals surface area contributed by atoms with Crippen LogP contribution in [0, 0.1) is 0 Å². The van der Waals surface area contributed by atoms with E-state index in [9.17, 15) is 0 Å². The lowest BCUT2D eigenvalue weighted by Gasteiger charge is -2.21. The van der Waals surface area contributed by atoms with Gasteiger partial charge in [0.2, 0.25) is 0 Å². The molecular weight excluding hydrogens is 488 g/mol. The number of phenolic OH excluding ortho intramolecular Hbond substituents is 2. The summed E-state index contributed by atoms with van der Waals surface area (Å²) in [7, 11) is 0. The van der Waals surface area contributed by atoms with E-state index in [4.69, 9.17) is 10.2 Å². The van der Waals surface area contributed by atoms with Crippen LogP contribution in [0.15, 0.2) is 91.0 Å². The van der Waals surface area contributed by atoms with E-state index in [-0.39, 0.29) is 7.43 Å². The summed E-state index contributed by atoms with van der Waals surface area (Å²) in [4.78, 5) is 0. The first-order chi connectivity index (χ1) is 19.0. The van der Waals surface area contributed by atoms with E-state index in [1.54, 1.807) is 24.3 Å². The normalized spacial score (nSPS) is 15.8. The predicted octanol–water partition coefficient (Wildman–Crippen LogP) is 11.5. The van der Waals surface area contributed by atoms with Crippen LogP contribution < -0.4 is 0 Å². The highest BCUT2D eigenvalue weighted by molar-refractivity contribution is 5.83. The van der Waals surface area contributed by atoms with Gasteiger partial charge in [0.05, 0.1) is 0 Å². The fourth-order valence-corrected chi connectivity index (χ4v) is 5.93. The molecule has 0 atom stereocenters. The third-order valence-corrected chi connectivity index (χ3v) is 8.38. The Hall–Kier alpha value is -3.26. The second-order valence-electron chi connectivity index (χ2n) is 11.6. The Balaban J connectivity index is 0.000000163. The van der Waals surface area contributed by atoms with Crippen molar-refractivity contribution in [3.8, 4) is 11.5 Å². The quantitative estimate of drug-likeness (QED) is 0.272. The zero-order valence-corrected chi connectivity index (χ0v) is 23.9. The van der Waals surface area contributed by atoms with Crippen LogP contribution in [-0.4, -0.2) is 10.2 Å². The molecule has 0 aliphatic heterocycles. The summed E-state index contributed by atoms with van der Waals surface area (Å²) in [6.45, 7) is 4.45. The highest BCUT2D eigenvalue weighted by Crippen LogP contribution is 2.34. The van der Waals surface area contributed by atoms with Crippen LogP contribution in [0.4, 0.5) is 0 Å². The molecule has 0 saturated heterocycles. The molecule has 2 heteroatoms. The van der Waals surface area contributed by atoms with Crippen molar-refractivity contribution < 1.29 is 10.2 Å². The summed E-state index contributed by atoms with van der Waals surface area (Å²) in [6, 6.07) is 30.6. The number of hydrogen-bond donors (Lipinski definition) is 2. The molecule has 0 unspecified atom stereocenters. The number of benzene rings is 4. The van der Waals surface area contributed by atoms with Crippen molar-refractivity contribution in [3.63, 3.8) is 0 Å². The smallest absolute Gasteiger partial charge is 0.115 e. The maximum atomic E-state index is 9.16. The molecule has 0 spiro atoms. The Bertz CT molecular complexity index is 1190. The van der Waals surface area contributed by atoms with E-state index in [1.165, 1.54) is 91.7 Å². The van der Waals surface area contributed by atoms with Gasteiger partial charge in [0.25, 0.3) is 0 Å². The van der Waals surface area contributed by atoms with E-state index in [1.807, 2.05) is 0 Å². The van der Waals surface area contributed by atoms with Gasteiger partial charge in [-0.3, -0.25) is 0 Å². The van der Waals surface area contributed by atoms with Gasteiger partial charge in [0, 0.05) is 0 Å². The van der Waals surface area contributed by atoms with Crippen molar-refractivity contribution in [2.75, 3.05) is 0 Å². The summed E-state index contributed by atoms with van der Waals surface area (Å²) in [6.07, 6.45) is 13.6. The first kappa shape index (κ1) is 31.3. The highest BCUT2D eigenvalue weighted by atomic mass is 16.3. The third-order valence-electron chi connectivity index (χ3n) is 8.38. The molecule has 0 amide bonds. The van der Waals surface area contributed by atoms with E-state index >= 15 is 0 Å². The zero-order valence-electron chi connectivity index (χ0n) is 23.9. The summed E-state index contributed by atoms with van der Waals surface area (Å²) in [5.74, 6) is 2.85. The standard InChI is InChI=1S/C13H14.2C12H16O.CH4/c1-10(2)12-8-7-11-5-3-4-6-13(11)9-12;2*13-12-8-6-11(7-9-12)10-4-2-1-3-5-10;/h3-10H,1-2H3;2*6-10,13H,1-5H2;1H4. The molecule has 2 fully saturated rings. The van der Waals surface area contributed by atoms with Crippen LogP contribution in [0.2, 0.25) is 0 Å². The van der Waals surface area contributed by atoms with Crippen LogP contribution >= 0.6 is 0 Å². The fraction of sp³-hybridized carbons (Fsp3) is 0.421. The van der Waals surface area contributed by atoms with Crippen LogP contribution in [0.5, 0.6) is 11.5 Å². The molecule has 2 aliphatic rings. The van der Waals surface area contributed by atoms with Crippen molar-refractivity contribution >= 4 is 10.8 Å². The largest absolute Gasteiger partial charge is 0.508 e. The third kappa shape index (κ3) is 9.44. The van der Waals surface area contributed by atoms with Crippen LogP contribution in [0.1, 0.15) is 120 Å². The molecule has 0 aromatic heterocycles. The average molecular weight is 539 g/mol. The molecule has 4 aromatic rings. The minimum absolute atomic E-state index is 0. The first-order valence-electron chi connectivity index (χ1n) is 15.1. The summed E-state index contributed by atoms with van der Waals surface area (Å²) in [5.41, 5.74) is 4.22.